The summed E-state index contributed by atoms with van der Waals surface area (Å²) in [6.45, 7) is 3.32. The molecule has 0 radical (unpaired) electrons. The molecule has 0 bridgehead atoms. The van der Waals surface area contributed by atoms with Gasteiger partial charge in [-0.1, -0.05) is 13.0 Å². The van der Waals surface area contributed by atoms with Gasteiger partial charge in [0.2, 0.25) is 0 Å². The minimum Gasteiger partial charge on any atom is -0.458 e. The van der Waals surface area contributed by atoms with Crippen molar-refractivity contribution in [2.75, 3.05) is 0 Å². The van der Waals surface area contributed by atoms with Crippen LogP contribution in [-0.4, -0.2) is 12.1 Å². The van der Waals surface area contributed by atoms with Crippen LogP contribution in [0.2, 0.25) is 0 Å². The zero-order valence-electron chi connectivity index (χ0n) is 7.21. The van der Waals surface area contributed by atoms with Crippen molar-refractivity contribution in [3.63, 3.8) is 0 Å². The largest absolute Gasteiger partial charge is 0.458 e. The predicted molar refractivity (Wildman–Crippen MR) is 46.3 cm³/mol. The lowest BCUT2D eigenvalue weighted by Crippen LogP contribution is -2.23. The van der Waals surface area contributed by atoms with Crippen molar-refractivity contribution in [3.05, 3.63) is 12.3 Å². The van der Waals surface area contributed by atoms with Crippen molar-refractivity contribution in [1.29, 1.82) is 0 Å². The molecule has 1 rings (SSSR count). The molecule has 68 valence electrons. The van der Waals surface area contributed by atoms with E-state index < -0.39 is 5.97 Å². The summed E-state index contributed by atoms with van der Waals surface area (Å²) >= 11 is 0. The average molecular weight is 169 g/mol. The second-order valence-electron chi connectivity index (χ2n) is 3.19. The van der Waals surface area contributed by atoms with Crippen molar-refractivity contribution in [3.8, 4) is 0 Å². The van der Waals surface area contributed by atoms with E-state index in [1.165, 1.54) is 6.42 Å². The van der Waals surface area contributed by atoms with Crippen LogP contribution in [0, 0.1) is 0 Å². The van der Waals surface area contributed by atoms with Crippen LogP contribution in [0.5, 0.6) is 0 Å². The highest BCUT2D eigenvalue weighted by molar-refractivity contribution is 5.86. The van der Waals surface area contributed by atoms with Gasteiger partial charge in [-0.05, 0) is 25.7 Å². The molecule has 0 unspecified atom stereocenters. The number of rotatable bonds is 2. The zero-order chi connectivity index (χ0) is 8.97. The summed E-state index contributed by atoms with van der Waals surface area (Å²) in [4.78, 5) is 11.0. The first kappa shape index (κ1) is 9.10. The Kier molecular flexibility index (Phi) is 3.14. The van der Waals surface area contributed by atoms with E-state index in [-0.39, 0.29) is 11.8 Å². The highest BCUT2D eigenvalue weighted by atomic mass is 16.5. The summed E-state index contributed by atoms with van der Waals surface area (Å²) in [7, 11) is 0. The lowest BCUT2D eigenvalue weighted by atomic mass is 9.98. The first-order chi connectivity index (χ1) is 5.70. The summed E-state index contributed by atoms with van der Waals surface area (Å²) in [5, 5.41) is 0. The Balaban J connectivity index is 2.29. The van der Waals surface area contributed by atoms with Gasteiger partial charge in [0.05, 0.1) is 0 Å². The van der Waals surface area contributed by atoms with Gasteiger partial charge in [0.1, 0.15) is 11.8 Å². The molecule has 12 heavy (non-hydrogen) atoms. The Hall–Kier alpha value is -0.990. The van der Waals surface area contributed by atoms with Crippen LogP contribution in [0.1, 0.15) is 32.1 Å². The molecule has 1 aliphatic carbocycles. The summed E-state index contributed by atoms with van der Waals surface area (Å²) in [5.41, 5.74) is 5.18. The third-order valence-corrected chi connectivity index (χ3v) is 2.09. The SMILES string of the molecule is C=C(N)C(=O)OC1CCCCC1. The third-order valence-electron chi connectivity index (χ3n) is 2.09. The maximum Gasteiger partial charge on any atom is 0.353 e. The Morgan fingerprint density at radius 3 is 2.42 bits per heavy atom. The first-order valence-corrected chi connectivity index (χ1v) is 4.35. The van der Waals surface area contributed by atoms with Gasteiger partial charge in [-0.15, -0.1) is 0 Å². The molecule has 0 aromatic heterocycles. The number of hydrogen-bond acceptors (Lipinski definition) is 3. The molecule has 3 nitrogen and oxygen atoms in total. The Bertz CT molecular complexity index is 183. The van der Waals surface area contributed by atoms with Gasteiger partial charge in [-0.25, -0.2) is 4.79 Å². The number of carbonyl (C=O) groups is 1. The van der Waals surface area contributed by atoms with Crippen LogP contribution < -0.4 is 5.73 Å². The number of ether oxygens (including phenoxy) is 1. The van der Waals surface area contributed by atoms with E-state index in [0.717, 1.165) is 25.7 Å². The van der Waals surface area contributed by atoms with Gasteiger partial charge >= 0.3 is 5.97 Å². The minimum atomic E-state index is -0.457. The quantitative estimate of drug-likeness (QED) is 0.501. The van der Waals surface area contributed by atoms with Crippen LogP contribution in [-0.2, 0) is 9.53 Å². The molecule has 1 saturated carbocycles. The van der Waals surface area contributed by atoms with E-state index in [0.29, 0.717) is 0 Å². The molecule has 0 amide bonds. The highest BCUT2D eigenvalue weighted by Gasteiger charge is 2.17. The van der Waals surface area contributed by atoms with Crippen LogP contribution >= 0.6 is 0 Å². The molecule has 0 aromatic rings. The number of nitrogens with two attached hydrogens (primary N) is 1. The second-order valence-corrected chi connectivity index (χ2v) is 3.19. The van der Waals surface area contributed by atoms with Crippen molar-refractivity contribution in [1.82, 2.24) is 0 Å². The Labute approximate surface area is 72.6 Å². The third kappa shape index (κ3) is 2.57. The zero-order valence-corrected chi connectivity index (χ0v) is 7.21. The van der Waals surface area contributed by atoms with Gasteiger partial charge in [0.15, 0.2) is 0 Å². The number of hydrogen-bond donors (Lipinski definition) is 1. The fourth-order valence-electron chi connectivity index (χ4n) is 1.41. The minimum absolute atomic E-state index is 0.000531. The topological polar surface area (TPSA) is 52.3 Å². The second kappa shape index (κ2) is 4.14. The predicted octanol–water partition coefficient (Wildman–Crippen LogP) is 1.33. The molecular formula is C9H15NO2. The van der Waals surface area contributed by atoms with Crippen LogP contribution in [0.3, 0.4) is 0 Å². The lowest BCUT2D eigenvalue weighted by Gasteiger charge is -2.21. The molecule has 0 heterocycles. The standard InChI is InChI=1S/C9H15NO2/c1-7(10)9(11)12-8-5-3-2-4-6-8/h8H,1-6,10H2. The monoisotopic (exact) mass is 169 g/mol. The molecule has 0 aromatic carbocycles. The summed E-state index contributed by atoms with van der Waals surface area (Å²) in [6.07, 6.45) is 5.56. The first-order valence-electron chi connectivity index (χ1n) is 4.35. The van der Waals surface area contributed by atoms with Crippen molar-refractivity contribution < 1.29 is 9.53 Å². The maximum atomic E-state index is 11.0. The van der Waals surface area contributed by atoms with E-state index >= 15 is 0 Å². The Morgan fingerprint density at radius 2 is 1.92 bits per heavy atom. The molecule has 0 aliphatic heterocycles. The molecule has 3 heteroatoms. The smallest absolute Gasteiger partial charge is 0.353 e. The summed E-state index contributed by atoms with van der Waals surface area (Å²) < 4.78 is 5.09. The maximum absolute atomic E-state index is 11.0. The van der Waals surface area contributed by atoms with Gasteiger partial charge in [0.25, 0.3) is 0 Å². The average Bonchev–Trinajstić information content (AvgIpc) is 2.06. The van der Waals surface area contributed by atoms with Crippen LogP contribution in [0.15, 0.2) is 12.3 Å². The van der Waals surface area contributed by atoms with Gasteiger partial charge in [-0.2, -0.15) is 0 Å². The number of carbonyl (C=O) groups excluding carboxylic acids is 1. The van der Waals surface area contributed by atoms with Gasteiger partial charge < -0.3 is 10.5 Å². The fraction of sp³-hybridized carbons (Fsp3) is 0.667. The van der Waals surface area contributed by atoms with Crippen molar-refractivity contribution in [2.45, 2.75) is 38.2 Å². The van der Waals surface area contributed by atoms with Crippen LogP contribution in [0.4, 0.5) is 0 Å². The van der Waals surface area contributed by atoms with Crippen molar-refractivity contribution >= 4 is 5.97 Å². The van der Waals surface area contributed by atoms with E-state index in [2.05, 4.69) is 6.58 Å². The molecule has 0 atom stereocenters. The van der Waals surface area contributed by atoms with E-state index in [9.17, 15) is 4.79 Å². The normalized spacial score (nSPS) is 18.7. The van der Waals surface area contributed by atoms with E-state index in [1.807, 2.05) is 0 Å². The van der Waals surface area contributed by atoms with E-state index in [1.54, 1.807) is 0 Å². The van der Waals surface area contributed by atoms with Gasteiger partial charge in [-0.3, -0.25) is 0 Å². The molecule has 1 fully saturated rings. The molecule has 2 N–H and O–H groups in total. The summed E-state index contributed by atoms with van der Waals surface area (Å²) in [5.74, 6) is -0.457. The number of esters is 1. The Morgan fingerprint density at radius 1 is 1.33 bits per heavy atom. The molecule has 1 aliphatic rings. The van der Waals surface area contributed by atoms with E-state index in [4.69, 9.17) is 10.5 Å². The summed E-state index contributed by atoms with van der Waals surface area (Å²) in [6, 6.07) is 0. The lowest BCUT2D eigenvalue weighted by molar-refractivity contribution is -0.145. The van der Waals surface area contributed by atoms with Crippen molar-refractivity contribution in [2.24, 2.45) is 5.73 Å². The molecule has 0 saturated heterocycles. The highest BCUT2D eigenvalue weighted by Crippen LogP contribution is 2.20. The van der Waals surface area contributed by atoms with Crippen LogP contribution in [0.25, 0.3) is 0 Å². The fourth-order valence-corrected chi connectivity index (χ4v) is 1.41. The van der Waals surface area contributed by atoms with Gasteiger partial charge in [0, 0.05) is 0 Å². The molecular weight excluding hydrogens is 154 g/mol. The molecule has 0 spiro atoms.